The van der Waals surface area contributed by atoms with E-state index in [9.17, 15) is 13.2 Å². The second-order valence-electron chi connectivity index (χ2n) is 4.05. The number of nitrogens with zero attached hydrogens (tertiary/aromatic N) is 1. The average molecular weight is 328 g/mol. The molecule has 2 rings (SSSR count). The first kappa shape index (κ1) is 15.3. The van der Waals surface area contributed by atoms with Crippen LogP contribution in [0.1, 0.15) is 15.2 Å². The topological polar surface area (TPSA) is 106 Å². The third-order valence-corrected chi connectivity index (χ3v) is 4.88. The van der Waals surface area contributed by atoms with E-state index >= 15 is 0 Å². The molecule has 9 heteroatoms. The van der Waals surface area contributed by atoms with Crippen molar-refractivity contribution in [1.29, 1.82) is 0 Å². The van der Waals surface area contributed by atoms with Gasteiger partial charge < -0.3 is 9.84 Å². The lowest BCUT2D eigenvalue weighted by atomic mass is 10.2. The van der Waals surface area contributed by atoms with Gasteiger partial charge in [0.15, 0.2) is 5.13 Å². The molecule has 0 saturated heterocycles. The summed E-state index contributed by atoms with van der Waals surface area (Å²) in [6.45, 7) is 1.80. The van der Waals surface area contributed by atoms with Gasteiger partial charge in [-0.1, -0.05) is 0 Å². The summed E-state index contributed by atoms with van der Waals surface area (Å²) < 4.78 is 31.9. The molecule has 0 fully saturated rings. The minimum atomic E-state index is -3.91. The van der Waals surface area contributed by atoms with Crippen molar-refractivity contribution in [3.8, 4) is 5.75 Å². The zero-order chi connectivity index (χ0) is 15.6. The Labute approximate surface area is 125 Å². The van der Waals surface area contributed by atoms with Crippen LogP contribution in [-0.2, 0) is 10.0 Å². The van der Waals surface area contributed by atoms with Gasteiger partial charge in [-0.05, 0) is 25.1 Å². The van der Waals surface area contributed by atoms with Crippen LogP contribution < -0.4 is 9.46 Å². The molecule has 112 valence electrons. The quantitative estimate of drug-likeness (QED) is 0.869. The van der Waals surface area contributed by atoms with E-state index in [2.05, 4.69) is 9.71 Å². The van der Waals surface area contributed by atoms with Gasteiger partial charge in [0.1, 0.15) is 10.6 Å². The number of aromatic nitrogens is 1. The maximum atomic E-state index is 12.3. The van der Waals surface area contributed by atoms with E-state index in [1.807, 2.05) is 0 Å². The van der Waals surface area contributed by atoms with Crippen molar-refractivity contribution in [1.82, 2.24) is 4.98 Å². The minimum Gasteiger partial charge on any atom is -0.495 e. The number of ether oxygens (including phenoxy) is 1. The highest BCUT2D eigenvalue weighted by Crippen LogP contribution is 2.28. The lowest BCUT2D eigenvalue weighted by Gasteiger charge is -2.10. The third kappa shape index (κ3) is 3.31. The number of thiazole rings is 1. The number of aromatic carboxylic acids is 1. The number of sulfonamides is 1. The molecule has 0 spiro atoms. The van der Waals surface area contributed by atoms with Gasteiger partial charge in [-0.15, -0.1) is 11.3 Å². The van der Waals surface area contributed by atoms with Crippen molar-refractivity contribution in [2.24, 2.45) is 0 Å². The van der Waals surface area contributed by atoms with Gasteiger partial charge in [0.05, 0.1) is 12.7 Å². The molecule has 1 heterocycles. The first-order valence-corrected chi connectivity index (χ1v) is 8.00. The molecule has 0 bridgehead atoms. The van der Waals surface area contributed by atoms with Crippen LogP contribution in [0.3, 0.4) is 0 Å². The molecular formula is C12H12N2O5S2. The summed E-state index contributed by atoms with van der Waals surface area (Å²) in [5.41, 5.74) is -0.0594. The van der Waals surface area contributed by atoms with Crippen molar-refractivity contribution in [3.63, 3.8) is 0 Å². The Kier molecular flexibility index (Phi) is 4.14. The molecule has 1 aromatic carbocycles. The number of anilines is 1. The Morgan fingerprint density at radius 3 is 2.67 bits per heavy atom. The predicted octanol–water partition coefficient (Wildman–Crippen LogP) is 1.96. The summed E-state index contributed by atoms with van der Waals surface area (Å²) >= 11 is 1.19. The van der Waals surface area contributed by atoms with Crippen LogP contribution in [-0.4, -0.2) is 31.6 Å². The molecule has 21 heavy (non-hydrogen) atoms. The first-order valence-electron chi connectivity index (χ1n) is 5.70. The van der Waals surface area contributed by atoms with Crippen molar-refractivity contribution >= 4 is 32.5 Å². The maximum Gasteiger partial charge on any atom is 0.335 e. The zero-order valence-corrected chi connectivity index (χ0v) is 12.8. The van der Waals surface area contributed by atoms with Gasteiger partial charge in [-0.3, -0.25) is 4.72 Å². The molecule has 0 unspecified atom stereocenters. The summed E-state index contributed by atoms with van der Waals surface area (Å²) in [5, 5.41) is 9.14. The van der Waals surface area contributed by atoms with Crippen molar-refractivity contribution in [2.45, 2.75) is 11.8 Å². The minimum absolute atomic E-state index is 0.0457. The Bertz CT molecular complexity index is 783. The standard InChI is InChI=1S/C12H12N2O5S2/c1-7-6-13-12(20-7)14-21(17,18)10-4-3-8(11(15)16)5-9(10)19-2/h3-6H,1-2H3,(H,13,14)(H,15,16). The largest absolute Gasteiger partial charge is 0.495 e. The number of carbonyl (C=O) groups is 1. The summed E-state index contributed by atoms with van der Waals surface area (Å²) in [5.74, 6) is -1.21. The van der Waals surface area contributed by atoms with Crippen LogP contribution in [0, 0.1) is 6.92 Å². The molecule has 0 saturated carbocycles. The molecule has 2 aromatic rings. The van der Waals surface area contributed by atoms with Crippen molar-refractivity contribution in [3.05, 3.63) is 34.8 Å². The number of methoxy groups -OCH3 is 1. The third-order valence-electron chi connectivity index (χ3n) is 2.54. The molecule has 0 atom stereocenters. The zero-order valence-electron chi connectivity index (χ0n) is 11.2. The number of aryl methyl sites for hydroxylation is 1. The Morgan fingerprint density at radius 1 is 1.43 bits per heavy atom. The van der Waals surface area contributed by atoms with Crippen LogP contribution in [0.25, 0.3) is 0 Å². The van der Waals surface area contributed by atoms with E-state index < -0.39 is 16.0 Å². The highest BCUT2D eigenvalue weighted by molar-refractivity contribution is 7.93. The number of rotatable bonds is 5. The molecule has 0 amide bonds. The number of hydrogen-bond acceptors (Lipinski definition) is 6. The number of nitrogens with one attached hydrogen (secondary N) is 1. The highest BCUT2D eigenvalue weighted by Gasteiger charge is 2.22. The second-order valence-corrected chi connectivity index (χ2v) is 6.94. The monoisotopic (exact) mass is 328 g/mol. The van der Waals surface area contributed by atoms with Gasteiger partial charge >= 0.3 is 5.97 Å². The summed E-state index contributed by atoms with van der Waals surface area (Å²) in [6, 6.07) is 3.54. The fraction of sp³-hybridized carbons (Fsp3) is 0.167. The van der Waals surface area contributed by atoms with E-state index in [0.717, 1.165) is 10.9 Å². The molecule has 1 aromatic heterocycles. The summed E-state index contributed by atoms with van der Waals surface area (Å²) in [6.07, 6.45) is 1.55. The van der Waals surface area contributed by atoms with E-state index in [1.165, 1.54) is 30.6 Å². The summed E-state index contributed by atoms with van der Waals surface area (Å²) in [7, 11) is -2.63. The first-order chi connectivity index (χ1) is 9.83. The number of benzene rings is 1. The molecule has 2 N–H and O–H groups in total. The fourth-order valence-electron chi connectivity index (χ4n) is 1.59. The Hall–Kier alpha value is -2.13. The van der Waals surface area contributed by atoms with Gasteiger partial charge in [-0.25, -0.2) is 18.2 Å². The number of carboxylic acids is 1. The average Bonchev–Trinajstić information content (AvgIpc) is 2.82. The van der Waals surface area contributed by atoms with Crippen LogP contribution in [0.2, 0.25) is 0 Å². The second kappa shape index (κ2) is 5.70. The van der Waals surface area contributed by atoms with E-state index in [1.54, 1.807) is 13.1 Å². The smallest absolute Gasteiger partial charge is 0.335 e. The van der Waals surface area contributed by atoms with Gasteiger partial charge in [0.25, 0.3) is 10.0 Å². The number of hydrogen-bond donors (Lipinski definition) is 2. The fourth-order valence-corrected chi connectivity index (χ4v) is 3.65. The summed E-state index contributed by atoms with van der Waals surface area (Å²) in [4.78, 5) is 15.5. The molecule has 0 aliphatic carbocycles. The van der Waals surface area contributed by atoms with Crippen molar-refractivity contribution in [2.75, 3.05) is 11.8 Å². The van der Waals surface area contributed by atoms with E-state index in [4.69, 9.17) is 9.84 Å². The lowest BCUT2D eigenvalue weighted by Crippen LogP contribution is -2.14. The Morgan fingerprint density at radius 2 is 2.14 bits per heavy atom. The van der Waals surface area contributed by atoms with E-state index in [-0.39, 0.29) is 21.3 Å². The molecule has 0 radical (unpaired) electrons. The molecule has 0 aliphatic heterocycles. The van der Waals surface area contributed by atoms with Crippen LogP contribution in [0.4, 0.5) is 5.13 Å². The SMILES string of the molecule is COc1cc(C(=O)O)ccc1S(=O)(=O)Nc1ncc(C)s1. The highest BCUT2D eigenvalue weighted by atomic mass is 32.2. The number of carboxylic acid groups (broad SMARTS) is 1. The predicted molar refractivity (Wildman–Crippen MR) is 77.6 cm³/mol. The van der Waals surface area contributed by atoms with Gasteiger partial charge in [0, 0.05) is 11.1 Å². The molecule has 7 nitrogen and oxygen atoms in total. The normalized spacial score (nSPS) is 11.1. The van der Waals surface area contributed by atoms with Crippen LogP contribution in [0.5, 0.6) is 5.75 Å². The van der Waals surface area contributed by atoms with Gasteiger partial charge in [0.2, 0.25) is 0 Å². The van der Waals surface area contributed by atoms with Gasteiger partial charge in [-0.2, -0.15) is 0 Å². The van der Waals surface area contributed by atoms with E-state index in [0.29, 0.717) is 0 Å². The van der Waals surface area contributed by atoms with Crippen LogP contribution >= 0.6 is 11.3 Å². The lowest BCUT2D eigenvalue weighted by molar-refractivity contribution is 0.0696. The maximum absolute atomic E-state index is 12.3. The van der Waals surface area contributed by atoms with Crippen molar-refractivity contribution < 1.29 is 23.1 Å². The molecular weight excluding hydrogens is 316 g/mol. The Balaban J connectivity index is 2.42. The molecule has 0 aliphatic rings. The van der Waals surface area contributed by atoms with Crippen LogP contribution in [0.15, 0.2) is 29.3 Å².